The summed E-state index contributed by atoms with van der Waals surface area (Å²) in [5.41, 5.74) is 5.58. The van der Waals surface area contributed by atoms with E-state index in [9.17, 15) is 4.79 Å². The normalized spacial score (nSPS) is 15.9. The van der Waals surface area contributed by atoms with Crippen molar-refractivity contribution >= 4 is 5.78 Å². The highest BCUT2D eigenvalue weighted by atomic mass is 16.1. The third-order valence-electron chi connectivity index (χ3n) is 5.03. The highest BCUT2D eigenvalue weighted by molar-refractivity contribution is 5.97. The summed E-state index contributed by atoms with van der Waals surface area (Å²) in [5.74, 6) is 6.51. The van der Waals surface area contributed by atoms with E-state index in [1.54, 1.807) is 0 Å². The Morgan fingerprint density at radius 3 is 2.77 bits per heavy atom. The van der Waals surface area contributed by atoms with Crippen LogP contribution in [0.4, 0.5) is 0 Å². The van der Waals surface area contributed by atoms with E-state index in [0.29, 0.717) is 12.0 Å². The van der Waals surface area contributed by atoms with Crippen LogP contribution in [-0.2, 0) is 16.6 Å². The molecule has 1 heteroatoms. The topological polar surface area (TPSA) is 17.1 Å². The molecule has 0 saturated heterocycles. The first-order chi connectivity index (χ1) is 12.4. The summed E-state index contributed by atoms with van der Waals surface area (Å²) < 4.78 is 0. The van der Waals surface area contributed by atoms with Gasteiger partial charge in [0, 0.05) is 23.1 Å². The molecular weight excluding hydrogens is 316 g/mol. The first-order valence-electron chi connectivity index (χ1n) is 9.59. The molecule has 0 fully saturated rings. The van der Waals surface area contributed by atoms with Gasteiger partial charge in [0.15, 0.2) is 5.78 Å². The molecule has 0 atom stereocenters. The summed E-state index contributed by atoms with van der Waals surface area (Å²) >= 11 is 0. The number of carbonyl (C=O) groups is 1. The lowest BCUT2D eigenvalue weighted by Gasteiger charge is -2.32. The molecule has 0 bridgehead atoms. The van der Waals surface area contributed by atoms with Crippen LogP contribution < -0.4 is 0 Å². The van der Waals surface area contributed by atoms with E-state index in [0.717, 1.165) is 17.6 Å². The number of aryl methyl sites for hydroxylation is 1. The van der Waals surface area contributed by atoms with Crippen molar-refractivity contribution < 1.29 is 4.79 Å². The SMILES string of the molecule is C=C(C#Cc1ccc2c(c1)C(C)(C)CCC2)/C=C\C(=C/C)C(=O)CCC. The van der Waals surface area contributed by atoms with Gasteiger partial charge in [-0.05, 0) is 67.4 Å². The van der Waals surface area contributed by atoms with Gasteiger partial charge in [0.25, 0.3) is 0 Å². The van der Waals surface area contributed by atoms with Crippen molar-refractivity contribution in [2.45, 2.75) is 65.2 Å². The molecule has 1 aromatic carbocycles. The van der Waals surface area contributed by atoms with Crippen molar-refractivity contribution in [1.82, 2.24) is 0 Å². The molecule has 1 aliphatic rings. The van der Waals surface area contributed by atoms with Gasteiger partial charge in [-0.3, -0.25) is 4.79 Å². The number of fused-ring (bicyclic) bond motifs is 1. The minimum absolute atomic E-state index is 0.170. The fourth-order valence-corrected chi connectivity index (χ4v) is 3.46. The van der Waals surface area contributed by atoms with Crippen LogP contribution in [0.25, 0.3) is 0 Å². The number of Topliss-reactive ketones (excluding diaryl/α,β-unsaturated/α-hetero) is 1. The number of rotatable bonds is 5. The zero-order chi connectivity index (χ0) is 19.2. The summed E-state index contributed by atoms with van der Waals surface area (Å²) in [6.45, 7) is 12.5. The molecule has 0 radical (unpaired) electrons. The smallest absolute Gasteiger partial charge is 0.162 e. The Hall–Kier alpha value is -2.33. The Labute approximate surface area is 158 Å². The molecule has 0 N–H and O–H groups in total. The Morgan fingerprint density at radius 2 is 2.08 bits per heavy atom. The maximum absolute atomic E-state index is 12.0. The largest absolute Gasteiger partial charge is 0.294 e. The number of hydrogen-bond acceptors (Lipinski definition) is 1. The molecule has 0 aromatic heterocycles. The van der Waals surface area contributed by atoms with E-state index in [2.05, 4.69) is 50.5 Å². The van der Waals surface area contributed by atoms with Gasteiger partial charge in [0.1, 0.15) is 0 Å². The lowest BCUT2D eigenvalue weighted by Crippen LogP contribution is -2.23. The molecule has 0 unspecified atom stereocenters. The third kappa shape index (κ3) is 5.09. The second-order valence-electron chi connectivity index (χ2n) is 7.64. The molecule has 1 aromatic rings. The minimum atomic E-state index is 0.170. The summed E-state index contributed by atoms with van der Waals surface area (Å²) in [6, 6.07) is 6.56. The number of benzene rings is 1. The van der Waals surface area contributed by atoms with Crippen molar-refractivity contribution in [3.8, 4) is 11.8 Å². The average Bonchev–Trinajstić information content (AvgIpc) is 2.61. The fraction of sp³-hybridized carbons (Fsp3) is 0.400. The average molecular weight is 347 g/mol. The van der Waals surface area contributed by atoms with Crippen LogP contribution in [-0.4, -0.2) is 5.78 Å². The summed E-state index contributed by atoms with van der Waals surface area (Å²) in [5, 5.41) is 0. The van der Waals surface area contributed by atoms with Crippen molar-refractivity contribution in [1.29, 1.82) is 0 Å². The molecule has 0 aliphatic heterocycles. The van der Waals surface area contributed by atoms with Gasteiger partial charge >= 0.3 is 0 Å². The lowest BCUT2D eigenvalue weighted by molar-refractivity contribution is -0.115. The molecule has 26 heavy (non-hydrogen) atoms. The van der Waals surface area contributed by atoms with Gasteiger partial charge in [-0.15, -0.1) is 0 Å². The van der Waals surface area contributed by atoms with Crippen molar-refractivity contribution in [3.63, 3.8) is 0 Å². The zero-order valence-electron chi connectivity index (χ0n) is 16.6. The quantitative estimate of drug-likeness (QED) is 0.359. The van der Waals surface area contributed by atoms with Gasteiger partial charge in [0.05, 0.1) is 0 Å². The second kappa shape index (κ2) is 8.86. The van der Waals surface area contributed by atoms with Gasteiger partial charge < -0.3 is 0 Å². The molecule has 1 nitrogen and oxygen atoms in total. The van der Waals surface area contributed by atoms with Crippen LogP contribution in [0.5, 0.6) is 0 Å². The van der Waals surface area contributed by atoms with E-state index in [4.69, 9.17) is 0 Å². The van der Waals surface area contributed by atoms with Crippen LogP contribution in [0.3, 0.4) is 0 Å². The molecule has 0 amide bonds. The van der Waals surface area contributed by atoms with Crippen molar-refractivity contribution in [2.24, 2.45) is 0 Å². The highest BCUT2D eigenvalue weighted by Gasteiger charge is 2.27. The van der Waals surface area contributed by atoms with E-state index < -0.39 is 0 Å². The molecule has 0 spiro atoms. The number of hydrogen-bond donors (Lipinski definition) is 0. The molecule has 136 valence electrons. The van der Waals surface area contributed by atoms with Gasteiger partial charge in [0.2, 0.25) is 0 Å². The Morgan fingerprint density at radius 1 is 1.31 bits per heavy atom. The summed E-state index contributed by atoms with van der Waals surface area (Å²) in [4.78, 5) is 12.0. The number of ketones is 1. The van der Waals surface area contributed by atoms with Gasteiger partial charge in [-0.1, -0.05) is 57.4 Å². The molecule has 0 saturated carbocycles. The predicted molar refractivity (Wildman–Crippen MR) is 111 cm³/mol. The van der Waals surface area contributed by atoms with E-state index in [1.807, 2.05) is 32.1 Å². The van der Waals surface area contributed by atoms with Crippen LogP contribution >= 0.6 is 0 Å². The fourth-order valence-electron chi connectivity index (χ4n) is 3.46. The third-order valence-corrected chi connectivity index (χ3v) is 5.03. The Bertz CT molecular complexity index is 806. The lowest BCUT2D eigenvalue weighted by atomic mass is 9.72. The maximum Gasteiger partial charge on any atom is 0.162 e. The Balaban J connectivity index is 2.13. The van der Waals surface area contributed by atoms with E-state index in [1.165, 1.54) is 30.4 Å². The van der Waals surface area contributed by atoms with Crippen LogP contribution in [0, 0.1) is 11.8 Å². The second-order valence-corrected chi connectivity index (χ2v) is 7.64. The van der Waals surface area contributed by atoms with Crippen LogP contribution in [0.15, 0.2) is 54.2 Å². The Kier molecular flexibility index (Phi) is 6.81. The molecule has 0 heterocycles. The maximum atomic E-state index is 12.0. The van der Waals surface area contributed by atoms with Gasteiger partial charge in [-0.2, -0.15) is 0 Å². The molecule has 1 aliphatic carbocycles. The van der Waals surface area contributed by atoms with Crippen molar-refractivity contribution in [2.75, 3.05) is 0 Å². The molecule has 2 rings (SSSR count). The predicted octanol–water partition coefficient (Wildman–Crippen LogP) is 6.08. The standard InChI is InChI=1S/C25H30O/c1-6-9-24(26)21(7-2)15-12-19(3)11-13-20-14-16-22-10-8-17-25(4,5)23(22)18-20/h7,12,14-16,18H,3,6,8-10,17H2,1-2,4-5H3/b15-12-,21-7+. The van der Waals surface area contributed by atoms with Crippen molar-refractivity contribution in [3.05, 3.63) is 70.8 Å². The first kappa shape index (κ1) is 20.0. The zero-order valence-corrected chi connectivity index (χ0v) is 16.6. The molecular formula is C25H30O. The summed E-state index contributed by atoms with van der Waals surface area (Å²) in [6.07, 6.45) is 10.6. The van der Waals surface area contributed by atoms with Crippen LogP contribution in [0.1, 0.15) is 70.1 Å². The number of carbonyl (C=O) groups excluding carboxylic acids is 1. The van der Waals surface area contributed by atoms with E-state index in [-0.39, 0.29) is 11.2 Å². The van der Waals surface area contributed by atoms with E-state index >= 15 is 0 Å². The number of allylic oxidation sites excluding steroid dienone is 5. The summed E-state index contributed by atoms with van der Waals surface area (Å²) in [7, 11) is 0. The van der Waals surface area contributed by atoms with Crippen LogP contribution in [0.2, 0.25) is 0 Å². The van der Waals surface area contributed by atoms with Gasteiger partial charge in [-0.25, -0.2) is 0 Å². The highest BCUT2D eigenvalue weighted by Crippen LogP contribution is 2.36. The monoisotopic (exact) mass is 346 g/mol. The first-order valence-corrected chi connectivity index (χ1v) is 9.59. The minimum Gasteiger partial charge on any atom is -0.294 e.